The highest BCUT2D eigenvalue weighted by atomic mass is 35.5. The van der Waals surface area contributed by atoms with Gasteiger partial charge in [-0.1, -0.05) is 11.6 Å². The van der Waals surface area contributed by atoms with Crippen LogP contribution in [-0.2, 0) is 4.79 Å². The number of thioether (sulfide) groups is 1. The largest absolute Gasteiger partial charge is 0.326 e. The Bertz CT molecular complexity index is 416. The highest BCUT2D eigenvalue weighted by Crippen LogP contribution is 2.25. The average molecular weight is 270 g/mol. The van der Waals surface area contributed by atoms with Crippen LogP contribution in [0, 0.1) is 12.8 Å². The zero-order chi connectivity index (χ0) is 12.3. The Kier molecular flexibility index (Phi) is 4.35. The number of benzene rings is 1. The molecular formula is C13H16ClNOS. The number of anilines is 1. The molecule has 0 spiro atoms. The second-order valence-corrected chi connectivity index (χ2v) is 5.95. The van der Waals surface area contributed by atoms with E-state index in [1.54, 1.807) is 6.07 Å². The van der Waals surface area contributed by atoms with E-state index in [9.17, 15) is 4.79 Å². The monoisotopic (exact) mass is 269 g/mol. The quantitative estimate of drug-likeness (QED) is 0.886. The lowest BCUT2D eigenvalue weighted by Gasteiger charge is -2.21. The Balaban J connectivity index is 2.02. The van der Waals surface area contributed by atoms with Crippen molar-refractivity contribution >= 4 is 35.0 Å². The van der Waals surface area contributed by atoms with Crippen LogP contribution in [0.4, 0.5) is 5.69 Å². The van der Waals surface area contributed by atoms with Crippen LogP contribution in [-0.4, -0.2) is 17.4 Å². The normalized spacial score (nSPS) is 20.0. The highest BCUT2D eigenvalue weighted by Gasteiger charge is 2.21. The van der Waals surface area contributed by atoms with E-state index in [4.69, 9.17) is 11.6 Å². The number of amides is 1. The van der Waals surface area contributed by atoms with Crippen molar-refractivity contribution in [3.63, 3.8) is 0 Å². The Morgan fingerprint density at radius 2 is 2.35 bits per heavy atom. The number of aryl methyl sites for hydroxylation is 1. The van der Waals surface area contributed by atoms with E-state index in [1.807, 2.05) is 30.8 Å². The van der Waals surface area contributed by atoms with Gasteiger partial charge in [-0.3, -0.25) is 4.79 Å². The molecule has 1 atom stereocenters. The molecule has 2 nitrogen and oxygen atoms in total. The Morgan fingerprint density at radius 1 is 1.53 bits per heavy atom. The van der Waals surface area contributed by atoms with E-state index in [-0.39, 0.29) is 11.8 Å². The maximum atomic E-state index is 12.0. The van der Waals surface area contributed by atoms with Crippen LogP contribution >= 0.6 is 23.4 Å². The first-order valence-corrected chi connectivity index (χ1v) is 7.35. The molecule has 1 aliphatic heterocycles. The van der Waals surface area contributed by atoms with Crippen LogP contribution < -0.4 is 5.32 Å². The van der Waals surface area contributed by atoms with Gasteiger partial charge in [0, 0.05) is 22.4 Å². The van der Waals surface area contributed by atoms with Gasteiger partial charge in [0.25, 0.3) is 0 Å². The molecule has 1 unspecified atom stereocenters. The lowest BCUT2D eigenvalue weighted by molar-refractivity contribution is -0.119. The van der Waals surface area contributed by atoms with Gasteiger partial charge >= 0.3 is 0 Å². The Hall–Kier alpha value is -0.670. The summed E-state index contributed by atoms with van der Waals surface area (Å²) in [6.07, 6.45) is 2.15. The van der Waals surface area contributed by atoms with Crippen molar-refractivity contribution in [2.24, 2.45) is 5.92 Å². The maximum absolute atomic E-state index is 12.0. The molecule has 92 valence electrons. The van der Waals surface area contributed by atoms with E-state index < -0.39 is 0 Å². The molecule has 1 N–H and O–H groups in total. The average Bonchev–Trinajstić information content (AvgIpc) is 2.34. The predicted molar refractivity (Wildman–Crippen MR) is 74.9 cm³/mol. The first-order valence-electron chi connectivity index (χ1n) is 5.81. The topological polar surface area (TPSA) is 29.1 Å². The molecule has 17 heavy (non-hydrogen) atoms. The summed E-state index contributed by atoms with van der Waals surface area (Å²) in [5.74, 6) is 2.42. The SMILES string of the molecule is Cc1cc(Cl)ccc1NC(=O)C1CCCSC1. The fraction of sp³-hybridized carbons (Fsp3) is 0.462. The van der Waals surface area contributed by atoms with Crippen molar-refractivity contribution in [3.05, 3.63) is 28.8 Å². The lowest BCUT2D eigenvalue weighted by Crippen LogP contribution is -2.27. The molecule has 1 fully saturated rings. The number of rotatable bonds is 2. The van der Waals surface area contributed by atoms with Gasteiger partial charge in [-0.2, -0.15) is 11.8 Å². The second-order valence-electron chi connectivity index (χ2n) is 4.36. The second kappa shape index (κ2) is 5.78. The first-order chi connectivity index (χ1) is 8.16. The lowest BCUT2D eigenvalue weighted by atomic mass is 10.0. The molecule has 1 heterocycles. The van der Waals surface area contributed by atoms with Gasteiger partial charge in [-0.15, -0.1) is 0 Å². The Labute approximate surface area is 111 Å². The molecule has 1 saturated heterocycles. The smallest absolute Gasteiger partial charge is 0.228 e. The Morgan fingerprint density at radius 3 is 3.00 bits per heavy atom. The van der Waals surface area contributed by atoms with Crippen molar-refractivity contribution in [3.8, 4) is 0 Å². The highest BCUT2D eigenvalue weighted by molar-refractivity contribution is 7.99. The van der Waals surface area contributed by atoms with Gasteiger partial charge in [0.05, 0.1) is 0 Å². The van der Waals surface area contributed by atoms with E-state index >= 15 is 0 Å². The van der Waals surface area contributed by atoms with Gasteiger partial charge in [0.15, 0.2) is 0 Å². The molecule has 1 aromatic rings. The van der Waals surface area contributed by atoms with Gasteiger partial charge in [-0.25, -0.2) is 0 Å². The van der Waals surface area contributed by atoms with Gasteiger partial charge < -0.3 is 5.32 Å². The first kappa shape index (κ1) is 12.8. The molecule has 0 aliphatic carbocycles. The van der Waals surface area contributed by atoms with Crippen molar-refractivity contribution < 1.29 is 4.79 Å². The van der Waals surface area contributed by atoms with Gasteiger partial charge in [0.2, 0.25) is 5.91 Å². The fourth-order valence-corrected chi connectivity index (χ4v) is 3.32. The number of nitrogens with one attached hydrogen (secondary N) is 1. The molecule has 1 aliphatic rings. The minimum Gasteiger partial charge on any atom is -0.326 e. The van der Waals surface area contributed by atoms with Crippen molar-refractivity contribution in [1.82, 2.24) is 0 Å². The zero-order valence-electron chi connectivity index (χ0n) is 9.83. The molecule has 0 bridgehead atoms. The molecule has 1 amide bonds. The van der Waals surface area contributed by atoms with E-state index in [0.717, 1.165) is 29.8 Å². The number of hydrogen-bond donors (Lipinski definition) is 1. The molecular weight excluding hydrogens is 254 g/mol. The number of carbonyl (C=O) groups is 1. The van der Waals surface area contributed by atoms with Gasteiger partial charge in [-0.05, 0) is 49.3 Å². The number of carbonyl (C=O) groups excluding carboxylic acids is 1. The van der Waals surface area contributed by atoms with E-state index in [1.165, 1.54) is 5.75 Å². The van der Waals surface area contributed by atoms with Crippen molar-refractivity contribution in [2.75, 3.05) is 16.8 Å². The third kappa shape index (κ3) is 3.39. The number of hydrogen-bond acceptors (Lipinski definition) is 2. The van der Waals surface area contributed by atoms with Crippen molar-refractivity contribution in [1.29, 1.82) is 0 Å². The summed E-state index contributed by atoms with van der Waals surface area (Å²) in [6, 6.07) is 5.54. The van der Waals surface area contributed by atoms with Crippen LogP contribution in [0.1, 0.15) is 18.4 Å². The third-order valence-electron chi connectivity index (χ3n) is 2.98. The fourth-order valence-electron chi connectivity index (χ4n) is 1.95. The minimum atomic E-state index is 0.141. The van der Waals surface area contributed by atoms with Crippen LogP contribution in [0.5, 0.6) is 0 Å². The summed E-state index contributed by atoms with van der Waals surface area (Å²) in [4.78, 5) is 12.0. The molecule has 0 radical (unpaired) electrons. The summed E-state index contributed by atoms with van der Waals surface area (Å²) in [5, 5.41) is 3.70. The molecule has 4 heteroatoms. The van der Waals surface area contributed by atoms with Crippen molar-refractivity contribution in [2.45, 2.75) is 19.8 Å². The summed E-state index contributed by atoms with van der Waals surface area (Å²) in [7, 11) is 0. The van der Waals surface area contributed by atoms with Crippen LogP contribution in [0.25, 0.3) is 0 Å². The summed E-state index contributed by atoms with van der Waals surface area (Å²) in [6.45, 7) is 1.96. The molecule has 2 rings (SSSR count). The molecule has 0 saturated carbocycles. The maximum Gasteiger partial charge on any atom is 0.228 e. The zero-order valence-corrected chi connectivity index (χ0v) is 11.4. The summed E-state index contributed by atoms with van der Waals surface area (Å²) in [5.41, 5.74) is 1.88. The van der Waals surface area contributed by atoms with Crippen LogP contribution in [0.2, 0.25) is 5.02 Å². The third-order valence-corrected chi connectivity index (χ3v) is 4.43. The van der Waals surface area contributed by atoms with E-state index in [0.29, 0.717) is 5.02 Å². The summed E-state index contributed by atoms with van der Waals surface area (Å²) >= 11 is 7.75. The van der Waals surface area contributed by atoms with Crippen LogP contribution in [0.3, 0.4) is 0 Å². The van der Waals surface area contributed by atoms with Gasteiger partial charge in [0.1, 0.15) is 0 Å². The minimum absolute atomic E-state index is 0.141. The predicted octanol–water partition coefficient (Wildman–Crippen LogP) is 3.73. The summed E-state index contributed by atoms with van der Waals surface area (Å²) < 4.78 is 0. The molecule has 1 aromatic carbocycles. The standard InChI is InChI=1S/C13H16ClNOS/c1-9-7-11(14)4-5-12(9)15-13(16)10-3-2-6-17-8-10/h4-5,7,10H,2-3,6,8H2,1H3,(H,15,16). The number of halogens is 1. The van der Waals surface area contributed by atoms with Crippen LogP contribution in [0.15, 0.2) is 18.2 Å². The molecule has 0 aromatic heterocycles. The van der Waals surface area contributed by atoms with E-state index in [2.05, 4.69) is 5.32 Å².